The Morgan fingerprint density at radius 1 is 1.82 bits per heavy atom. The van der Waals surface area contributed by atoms with Crippen molar-refractivity contribution in [3.05, 3.63) is 12.2 Å². The van der Waals surface area contributed by atoms with Gasteiger partial charge in [-0.25, -0.2) is 4.79 Å². The molecule has 1 saturated heterocycles. The molecular weight excluding hydrogens is 148 g/mol. The molecule has 0 radical (unpaired) electrons. The maximum atomic E-state index is 10.3. The maximum Gasteiger partial charge on any atom is 0.510 e. The van der Waals surface area contributed by atoms with Crippen molar-refractivity contribution in [1.29, 1.82) is 0 Å². The number of cyclic esters (lactones) is 2. The summed E-state index contributed by atoms with van der Waals surface area (Å²) in [5, 5.41) is 0. The minimum Gasteiger partial charge on any atom is -0.428 e. The number of carbonyl (C=O) groups is 1. The standard InChI is InChI=1S/C7H10O4/c1-2-3-4-9-6-5-10-7(8)11-6/h2-3,6H,4-5H2,1H3. The Morgan fingerprint density at radius 3 is 3.18 bits per heavy atom. The van der Waals surface area contributed by atoms with E-state index in [1.54, 1.807) is 0 Å². The summed E-state index contributed by atoms with van der Waals surface area (Å²) >= 11 is 0. The molecule has 4 nitrogen and oxygen atoms in total. The van der Waals surface area contributed by atoms with Gasteiger partial charge in [-0.1, -0.05) is 12.2 Å². The van der Waals surface area contributed by atoms with Gasteiger partial charge in [-0.3, -0.25) is 0 Å². The summed E-state index contributed by atoms with van der Waals surface area (Å²) in [7, 11) is 0. The zero-order valence-electron chi connectivity index (χ0n) is 6.28. The van der Waals surface area contributed by atoms with Crippen molar-refractivity contribution in [1.82, 2.24) is 0 Å². The highest BCUT2D eigenvalue weighted by Crippen LogP contribution is 2.06. The third-order valence-corrected chi connectivity index (χ3v) is 1.18. The van der Waals surface area contributed by atoms with E-state index >= 15 is 0 Å². The van der Waals surface area contributed by atoms with E-state index in [2.05, 4.69) is 9.47 Å². The van der Waals surface area contributed by atoms with E-state index in [1.807, 2.05) is 19.1 Å². The van der Waals surface area contributed by atoms with Crippen molar-refractivity contribution in [2.24, 2.45) is 0 Å². The lowest BCUT2D eigenvalue weighted by atomic mass is 10.5. The Labute approximate surface area is 64.7 Å². The van der Waals surface area contributed by atoms with Crippen molar-refractivity contribution in [3.8, 4) is 0 Å². The third-order valence-electron chi connectivity index (χ3n) is 1.18. The fraction of sp³-hybridized carbons (Fsp3) is 0.571. The second-order valence-corrected chi connectivity index (χ2v) is 2.01. The van der Waals surface area contributed by atoms with Gasteiger partial charge < -0.3 is 14.2 Å². The fourth-order valence-corrected chi connectivity index (χ4v) is 0.653. The Hall–Kier alpha value is -1.03. The van der Waals surface area contributed by atoms with Crippen LogP contribution >= 0.6 is 0 Å². The predicted octanol–water partition coefficient (Wildman–Crippen LogP) is 1.07. The summed E-state index contributed by atoms with van der Waals surface area (Å²) in [4.78, 5) is 10.3. The van der Waals surface area contributed by atoms with Gasteiger partial charge in [-0.15, -0.1) is 0 Å². The molecule has 0 saturated carbocycles. The van der Waals surface area contributed by atoms with E-state index in [4.69, 9.17) is 4.74 Å². The van der Waals surface area contributed by atoms with Crippen molar-refractivity contribution in [3.63, 3.8) is 0 Å². The highest BCUT2D eigenvalue weighted by Gasteiger charge is 2.24. The molecule has 0 N–H and O–H groups in total. The van der Waals surface area contributed by atoms with Crippen LogP contribution in [0, 0.1) is 0 Å². The molecule has 0 spiro atoms. The molecule has 1 aliphatic rings. The third kappa shape index (κ3) is 2.59. The first-order chi connectivity index (χ1) is 5.33. The van der Waals surface area contributed by atoms with Gasteiger partial charge in [-0.05, 0) is 6.92 Å². The maximum absolute atomic E-state index is 10.3. The van der Waals surface area contributed by atoms with Crippen LogP contribution in [0.1, 0.15) is 6.92 Å². The summed E-state index contributed by atoms with van der Waals surface area (Å²) in [5.41, 5.74) is 0. The lowest BCUT2D eigenvalue weighted by molar-refractivity contribution is -0.0661. The first kappa shape index (κ1) is 8.07. The van der Waals surface area contributed by atoms with Crippen LogP contribution in [0.25, 0.3) is 0 Å². The smallest absolute Gasteiger partial charge is 0.428 e. The number of carbonyl (C=O) groups excluding carboxylic acids is 1. The zero-order valence-corrected chi connectivity index (χ0v) is 6.28. The largest absolute Gasteiger partial charge is 0.510 e. The lowest BCUT2D eigenvalue weighted by Crippen LogP contribution is -2.14. The van der Waals surface area contributed by atoms with E-state index in [9.17, 15) is 4.79 Å². The van der Waals surface area contributed by atoms with Crippen LogP contribution in [-0.2, 0) is 14.2 Å². The Kier molecular flexibility index (Phi) is 2.92. The number of allylic oxidation sites excluding steroid dienone is 1. The van der Waals surface area contributed by atoms with E-state index in [0.29, 0.717) is 6.61 Å². The summed E-state index contributed by atoms with van der Waals surface area (Å²) < 4.78 is 14.1. The lowest BCUT2D eigenvalue weighted by Gasteiger charge is -2.04. The fourth-order valence-electron chi connectivity index (χ4n) is 0.653. The molecule has 0 aliphatic carbocycles. The molecule has 0 aromatic heterocycles. The first-order valence-corrected chi connectivity index (χ1v) is 3.39. The molecule has 1 atom stereocenters. The van der Waals surface area contributed by atoms with E-state index in [-0.39, 0.29) is 6.61 Å². The van der Waals surface area contributed by atoms with Gasteiger partial charge in [0.05, 0.1) is 6.61 Å². The van der Waals surface area contributed by atoms with E-state index in [1.165, 1.54) is 0 Å². The molecule has 0 aromatic carbocycles. The van der Waals surface area contributed by atoms with E-state index in [0.717, 1.165) is 0 Å². The molecule has 4 heteroatoms. The molecule has 1 aliphatic heterocycles. The second-order valence-electron chi connectivity index (χ2n) is 2.01. The minimum atomic E-state index is -0.657. The van der Waals surface area contributed by atoms with Gasteiger partial charge in [-0.2, -0.15) is 0 Å². The zero-order chi connectivity index (χ0) is 8.10. The molecular formula is C7H10O4. The van der Waals surface area contributed by atoms with Crippen LogP contribution < -0.4 is 0 Å². The normalized spacial score (nSPS) is 23.7. The Balaban J connectivity index is 2.13. The Bertz CT molecular complexity index is 164. The average Bonchev–Trinajstić information content (AvgIpc) is 2.37. The van der Waals surface area contributed by atoms with Gasteiger partial charge in [0.1, 0.15) is 0 Å². The van der Waals surface area contributed by atoms with Crippen LogP contribution in [0.4, 0.5) is 4.79 Å². The van der Waals surface area contributed by atoms with Gasteiger partial charge in [0.2, 0.25) is 6.29 Å². The van der Waals surface area contributed by atoms with Crippen LogP contribution in [0.3, 0.4) is 0 Å². The van der Waals surface area contributed by atoms with Gasteiger partial charge in [0, 0.05) is 0 Å². The van der Waals surface area contributed by atoms with E-state index < -0.39 is 12.4 Å². The molecule has 1 fully saturated rings. The Morgan fingerprint density at radius 2 is 2.64 bits per heavy atom. The SMILES string of the molecule is CC=CCOC1COC(=O)O1. The van der Waals surface area contributed by atoms with Crippen molar-refractivity contribution in [2.75, 3.05) is 13.2 Å². The van der Waals surface area contributed by atoms with Gasteiger partial charge in [0.25, 0.3) is 0 Å². The molecule has 0 aromatic rings. The van der Waals surface area contributed by atoms with Crippen molar-refractivity contribution >= 4 is 6.16 Å². The highest BCUT2D eigenvalue weighted by atomic mass is 16.8. The van der Waals surface area contributed by atoms with Crippen LogP contribution in [0.5, 0.6) is 0 Å². The molecule has 1 unspecified atom stereocenters. The summed E-state index contributed by atoms with van der Waals surface area (Å²) in [6, 6.07) is 0. The summed E-state index contributed by atoms with van der Waals surface area (Å²) in [5.74, 6) is 0. The molecule has 0 bridgehead atoms. The van der Waals surface area contributed by atoms with Crippen LogP contribution in [0.15, 0.2) is 12.2 Å². The quantitative estimate of drug-likeness (QED) is 0.455. The molecule has 62 valence electrons. The highest BCUT2D eigenvalue weighted by molar-refractivity contribution is 5.61. The van der Waals surface area contributed by atoms with Crippen molar-refractivity contribution < 1.29 is 19.0 Å². The minimum absolute atomic E-state index is 0.191. The number of hydrogen-bond donors (Lipinski definition) is 0. The second kappa shape index (κ2) is 3.98. The monoisotopic (exact) mass is 158 g/mol. The summed E-state index contributed by atoms with van der Waals surface area (Å²) in [6.07, 6.45) is 2.50. The average molecular weight is 158 g/mol. The predicted molar refractivity (Wildman–Crippen MR) is 37.0 cm³/mol. The molecule has 11 heavy (non-hydrogen) atoms. The first-order valence-electron chi connectivity index (χ1n) is 3.39. The molecule has 1 heterocycles. The summed E-state index contributed by atoms with van der Waals surface area (Å²) in [6.45, 7) is 2.52. The molecule has 1 rings (SSSR count). The van der Waals surface area contributed by atoms with Gasteiger partial charge >= 0.3 is 6.16 Å². The number of ether oxygens (including phenoxy) is 3. The van der Waals surface area contributed by atoms with Crippen molar-refractivity contribution in [2.45, 2.75) is 13.2 Å². The molecule has 0 amide bonds. The van der Waals surface area contributed by atoms with Gasteiger partial charge in [0.15, 0.2) is 6.61 Å². The van der Waals surface area contributed by atoms with Crippen LogP contribution in [0.2, 0.25) is 0 Å². The topological polar surface area (TPSA) is 44.8 Å². The number of rotatable bonds is 3. The van der Waals surface area contributed by atoms with Crippen LogP contribution in [-0.4, -0.2) is 25.7 Å². The number of hydrogen-bond acceptors (Lipinski definition) is 4.